The minimum atomic E-state index is -0.272. The Labute approximate surface area is 147 Å². The third kappa shape index (κ3) is 2.99. The van der Waals surface area contributed by atoms with Gasteiger partial charge in [-0.05, 0) is 24.1 Å². The van der Waals surface area contributed by atoms with Crippen molar-refractivity contribution < 1.29 is 14.2 Å². The summed E-state index contributed by atoms with van der Waals surface area (Å²) in [6.45, 7) is 2.14. The molecule has 4 unspecified atom stereocenters. The standard InChI is InChI=1S/C18H24N4O3/c1-4-5-12-16-15(10-6-7-13(23-2)14(8-10)24-3)11(9-19)17(20)25-18(16)22-21-12/h6-8,12,15-16,18,21-22H,4-5,20H2,1-3H3. The van der Waals surface area contributed by atoms with Gasteiger partial charge in [0.2, 0.25) is 5.88 Å². The highest BCUT2D eigenvalue weighted by molar-refractivity contribution is 5.49. The third-order valence-corrected chi connectivity index (χ3v) is 4.93. The lowest BCUT2D eigenvalue weighted by Crippen LogP contribution is -2.41. The zero-order chi connectivity index (χ0) is 18.0. The van der Waals surface area contributed by atoms with Crippen molar-refractivity contribution >= 4 is 0 Å². The van der Waals surface area contributed by atoms with Crippen LogP contribution < -0.4 is 26.1 Å². The number of methoxy groups -OCH3 is 2. The number of hydrogen-bond donors (Lipinski definition) is 3. The van der Waals surface area contributed by atoms with Gasteiger partial charge < -0.3 is 19.9 Å². The number of nitriles is 1. The minimum Gasteiger partial charge on any atom is -0.493 e. The van der Waals surface area contributed by atoms with Crippen LogP contribution in [0.1, 0.15) is 31.2 Å². The van der Waals surface area contributed by atoms with Gasteiger partial charge in [0.05, 0.1) is 19.8 Å². The van der Waals surface area contributed by atoms with Crippen molar-refractivity contribution in [3.05, 3.63) is 35.2 Å². The Morgan fingerprint density at radius 3 is 2.64 bits per heavy atom. The van der Waals surface area contributed by atoms with Crippen LogP contribution in [0, 0.1) is 17.2 Å². The molecular formula is C18H24N4O3. The largest absolute Gasteiger partial charge is 0.493 e. The van der Waals surface area contributed by atoms with Crippen LogP contribution in [0.5, 0.6) is 11.5 Å². The molecule has 25 heavy (non-hydrogen) atoms. The predicted molar refractivity (Wildman–Crippen MR) is 92.4 cm³/mol. The Bertz CT molecular complexity index is 713. The summed E-state index contributed by atoms with van der Waals surface area (Å²) in [7, 11) is 3.20. The second-order valence-corrected chi connectivity index (χ2v) is 6.28. The molecule has 1 fully saturated rings. The van der Waals surface area contributed by atoms with Gasteiger partial charge in [0.1, 0.15) is 6.07 Å². The molecule has 2 aliphatic rings. The van der Waals surface area contributed by atoms with E-state index in [2.05, 4.69) is 23.8 Å². The molecule has 7 nitrogen and oxygen atoms in total. The second kappa shape index (κ2) is 7.21. The number of nitrogens with one attached hydrogen (secondary N) is 2. The van der Waals surface area contributed by atoms with E-state index < -0.39 is 0 Å². The molecule has 0 amide bonds. The summed E-state index contributed by atoms with van der Waals surface area (Å²) in [5.74, 6) is 1.33. The molecule has 0 spiro atoms. The lowest BCUT2D eigenvalue weighted by atomic mass is 9.74. The van der Waals surface area contributed by atoms with Crippen LogP contribution in [0.3, 0.4) is 0 Å². The van der Waals surface area contributed by atoms with E-state index in [4.69, 9.17) is 19.9 Å². The van der Waals surface area contributed by atoms with Crippen molar-refractivity contribution in [3.8, 4) is 17.6 Å². The van der Waals surface area contributed by atoms with Gasteiger partial charge >= 0.3 is 0 Å². The first-order valence-electron chi connectivity index (χ1n) is 8.43. The quantitative estimate of drug-likeness (QED) is 0.747. The van der Waals surface area contributed by atoms with E-state index in [1.165, 1.54) is 0 Å². The van der Waals surface area contributed by atoms with Crippen molar-refractivity contribution in [1.29, 1.82) is 5.26 Å². The van der Waals surface area contributed by atoms with E-state index in [-0.39, 0.29) is 30.0 Å². The molecule has 4 N–H and O–H groups in total. The summed E-state index contributed by atoms with van der Waals surface area (Å²) >= 11 is 0. The maximum absolute atomic E-state index is 9.69. The molecule has 1 aromatic carbocycles. The highest BCUT2D eigenvalue weighted by Gasteiger charge is 2.48. The van der Waals surface area contributed by atoms with Crippen molar-refractivity contribution in [2.75, 3.05) is 14.2 Å². The van der Waals surface area contributed by atoms with Gasteiger partial charge in [0.15, 0.2) is 17.7 Å². The average molecular weight is 344 g/mol. The molecule has 2 aliphatic heterocycles. The molecule has 0 aliphatic carbocycles. The number of benzene rings is 1. The number of hydrazine groups is 1. The van der Waals surface area contributed by atoms with Crippen molar-refractivity contribution in [2.45, 2.75) is 38.0 Å². The Morgan fingerprint density at radius 1 is 1.24 bits per heavy atom. The number of fused-ring (bicyclic) bond motifs is 1. The van der Waals surface area contributed by atoms with Gasteiger partial charge in [0, 0.05) is 17.9 Å². The third-order valence-electron chi connectivity index (χ3n) is 4.93. The normalized spacial score (nSPS) is 28.1. The highest BCUT2D eigenvalue weighted by atomic mass is 16.5. The first-order valence-corrected chi connectivity index (χ1v) is 8.43. The average Bonchev–Trinajstić information content (AvgIpc) is 3.02. The summed E-state index contributed by atoms with van der Waals surface area (Å²) in [4.78, 5) is 0. The Balaban J connectivity index is 2.08. The second-order valence-electron chi connectivity index (χ2n) is 6.28. The van der Waals surface area contributed by atoms with Crippen LogP contribution in [0.25, 0.3) is 0 Å². The summed E-state index contributed by atoms with van der Waals surface area (Å²) in [6.07, 6.45) is 1.73. The fourth-order valence-corrected chi connectivity index (χ4v) is 3.79. The maximum Gasteiger partial charge on any atom is 0.200 e. The van der Waals surface area contributed by atoms with Gasteiger partial charge in [0.25, 0.3) is 0 Å². The van der Waals surface area contributed by atoms with Gasteiger partial charge in [-0.3, -0.25) is 5.43 Å². The first kappa shape index (κ1) is 17.4. The summed E-state index contributed by atoms with van der Waals surface area (Å²) in [5.41, 5.74) is 13.9. The van der Waals surface area contributed by atoms with Crippen LogP contribution in [0.2, 0.25) is 0 Å². The molecular weight excluding hydrogens is 320 g/mol. The molecule has 0 bridgehead atoms. The van der Waals surface area contributed by atoms with Crippen LogP contribution in [-0.4, -0.2) is 26.5 Å². The Kier molecular flexibility index (Phi) is 5.02. The van der Waals surface area contributed by atoms with Crippen LogP contribution >= 0.6 is 0 Å². The fraction of sp³-hybridized carbons (Fsp3) is 0.500. The zero-order valence-electron chi connectivity index (χ0n) is 14.7. The Morgan fingerprint density at radius 2 is 2.00 bits per heavy atom. The monoisotopic (exact) mass is 344 g/mol. The van der Waals surface area contributed by atoms with Crippen molar-refractivity contribution in [2.24, 2.45) is 11.7 Å². The van der Waals surface area contributed by atoms with E-state index in [0.717, 1.165) is 18.4 Å². The molecule has 2 heterocycles. The summed E-state index contributed by atoms with van der Waals surface area (Å²) in [6, 6.07) is 8.16. The SMILES string of the molecule is CCCC1NNC2OC(N)=C(C#N)C(c3ccc(OC)c(OC)c3)C12. The highest BCUT2D eigenvalue weighted by Crippen LogP contribution is 2.45. The van der Waals surface area contributed by atoms with Crippen molar-refractivity contribution in [3.63, 3.8) is 0 Å². The molecule has 4 atom stereocenters. The summed E-state index contributed by atoms with van der Waals surface area (Å²) in [5, 5.41) is 9.69. The van der Waals surface area contributed by atoms with Crippen molar-refractivity contribution in [1.82, 2.24) is 10.9 Å². The van der Waals surface area contributed by atoms with Gasteiger partial charge in [-0.15, -0.1) is 0 Å². The van der Waals surface area contributed by atoms with Crippen LogP contribution in [0.4, 0.5) is 0 Å². The number of rotatable bonds is 5. The summed E-state index contributed by atoms with van der Waals surface area (Å²) < 4.78 is 16.5. The lowest BCUT2D eigenvalue weighted by molar-refractivity contribution is 0.0336. The number of nitrogens with two attached hydrogens (primary N) is 1. The molecule has 3 rings (SSSR count). The molecule has 0 saturated carbocycles. The number of allylic oxidation sites excluding steroid dienone is 1. The van der Waals surface area contributed by atoms with Gasteiger partial charge in [-0.1, -0.05) is 19.4 Å². The van der Waals surface area contributed by atoms with E-state index in [9.17, 15) is 5.26 Å². The molecule has 134 valence electrons. The van der Waals surface area contributed by atoms with E-state index in [1.807, 2.05) is 18.2 Å². The maximum atomic E-state index is 9.69. The zero-order valence-corrected chi connectivity index (χ0v) is 14.7. The molecule has 7 heteroatoms. The molecule has 0 radical (unpaired) electrons. The Hall–Kier alpha value is -2.43. The molecule has 0 aromatic heterocycles. The van der Waals surface area contributed by atoms with E-state index in [0.29, 0.717) is 17.1 Å². The van der Waals surface area contributed by atoms with Crippen LogP contribution in [0.15, 0.2) is 29.7 Å². The number of hydrogen-bond acceptors (Lipinski definition) is 7. The minimum absolute atomic E-state index is 0.0556. The smallest absolute Gasteiger partial charge is 0.200 e. The topological polar surface area (TPSA) is 102 Å². The number of nitrogens with zero attached hydrogens (tertiary/aromatic N) is 1. The van der Waals surface area contributed by atoms with Gasteiger partial charge in [-0.2, -0.15) is 5.26 Å². The van der Waals surface area contributed by atoms with Gasteiger partial charge in [-0.25, -0.2) is 5.43 Å². The first-order chi connectivity index (χ1) is 12.1. The lowest BCUT2D eigenvalue weighted by Gasteiger charge is -2.36. The molecule has 1 aromatic rings. The van der Waals surface area contributed by atoms with Crippen LogP contribution in [-0.2, 0) is 4.74 Å². The fourth-order valence-electron chi connectivity index (χ4n) is 3.79. The molecule has 1 saturated heterocycles. The van der Waals surface area contributed by atoms with E-state index >= 15 is 0 Å². The van der Waals surface area contributed by atoms with E-state index in [1.54, 1.807) is 14.2 Å². The predicted octanol–water partition coefficient (Wildman–Crippen LogP) is 1.73. The number of ether oxygens (including phenoxy) is 3.